The fraction of sp³-hybridized carbons (Fsp3) is 0.600. The zero-order chi connectivity index (χ0) is 17.8. The molecule has 1 aliphatic heterocycles. The van der Waals surface area contributed by atoms with Crippen molar-refractivity contribution in [1.29, 1.82) is 0 Å². The van der Waals surface area contributed by atoms with Gasteiger partial charge < -0.3 is 5.73 Å². The van der Waals surface area contributed by atoms with Gasteiger partial charge in [-0.05, 0) is 43.5 Å². The maximum absolute atomic E-state index is 12.6. The highest BCUT2D eigenvalue weighted by Gasteiger charge is 2.28. The maximum atomic E-state index is 12.6. The molecular formula is C15H25N3O4S2. The van der Waals surface area contributed by atoms with Crippen LogP contribution in [0.3, 0.4) is 0 Å². The number of hydrogen-bond donors (Lipinski definition) is 2. The van der Waals surface area contributed by atoms with E-state index in [2.05, 4.69) is 4.72 Å². The third-order valence-electron chi connectivity index (χ3n) is 4.03. The SMILES string of the molecule is CCCCS(=O)(=O)Nc1ccc(S(=O)(=O)N2CCC(N)CC2)cc1. The number of benzene rings is 1. The van der Waals surface area contributed by atoms with Gasteiger partial charge in [-0.3, -0.25) is 4.72 Å². The molecule has 0 spiro atoms. The van der Waals surface area contributed by atoms with Gasteiger partial charge >= 0.3 is 0 Å². The third-order valence-corrected chi connectivity index (χ3v) is 7.32. The fourth-order valence-corrected chi connectivity index (χ4v) is 5.26. The van der Waals surface area contributed by atoms with E-state index in [0.29, 0.717) is 38.0 Å². The molecule has 136 valence electrons. The van der Waals surface area contributed by atoms with E-state index in [-0.39, 0.29) is 16.7 Å². The Labute approximate surface area is 144 Å². The molecule has 1 aromatic carbocycles. The van der Waals surface area contributed by atoms with E-state index in [0.717, 1.165) is 6.42 Å². The second-order valence-corrected chi connectivity index (χ2v) is 9.82. The number of piperidine rings is 1. The van der Waals surface area contributed by atoms with Gasteiger partial charge in [-0.15, -0.1) is 0 Å². The zero-order valence-electron chi connectivity index (χ0n) is 13.8. The standard InChI is InChI=1S/C15H25N3O4S2/c1-2-3-12-23(19,20)17-14-4-6-15(7-5-14)24(21,22)18-10-8-13(16)9-11-18/h4-7,13,17H,2-3,8-12,16H2,1H3. The minimum atomic E-state index is -3.56. The monoisotopic (exact) mass is 375 g/mol. The topological polar surface area (TPSA) is 110 Å². The molecule has 1 aromatic rings. The van der Waals surface area contributed by atoms with Crippen LogP contribution in [0.4, 0.5) is 5.69 Å². The molecule has 0 radical (unpaired) electrons. The predicted molar refractivity (Wildman–Crippen MR) is 94.7 cm³/mol. The van der Waals surface area contributed by atoms with Crippen molar-refractivity contribution >= 4 is 25.7 Å². The zero-order valence-corrected chi connectivity index (χ0v) is 15.4. The van der Waals surface area contributed by atoms with E-state index < -0.39 is 20.0 Å². The van der Waals surface area contributed by atoms with Crippen LogP contribution in [-0.2, 0) is 20.0 Å². The Balaban J connectivity index is 2.08. The van der Waals surface area contributed by atoms with Gasteiger partial charge in [-0.25, -0.2) is 16.8 Å². The Morgan fingerprint density at radius 3 is 2.25 bits per heavy atom. The molecule has 0 amide bonds. The molecule has 1 saturated heterocycles. The summed E-state index contributed by atoms with van der Waals surface area (Å²) in [5.74, 6) is 0.0532. The molecule has 24 heavy (non-hydrogen) atoms. The van der Waals surface area contributed by atoms with E-state index in [4.69, 9.17) is 5.73 Å². The molecule has 3 N–H and O–H groups in total. The first-order valence-corrected chi connectivity index (χ1v) is 11.2. The van der Waals surface area contributed by atoms with E-state index in [1.807, 2.05) is 6.92 Å². The van der Waals surface area contributed by atoms with E-state index in [1.54, 1.807) is 0 Å². The van der Waals surface area contributed by atoms with E-state index >= 15 is 0 Å². The summed E-state index contributed by atoms with van der Waals surface area (Å²) in [6.45, 7) is 2.74. The second-order valence-electron chi connectivity index (χ2n) is 6.04. The largest absolute Gasteiger partial charge is 0.328 e. The number of hydrogen-bond acceptors (Lipinski definition) is 5. The van der Waals surface area contributed by atoms with Crippen molar-refractivity contribution < 1.29 is 16.8 Å². The van der Waals surface area contributed by atoms with Crippen LogP contribution in [0.15, 0.2) is 29.2 Å². The van der Waals surface area contributed by atoms with Crippen LogP contribution >= 0.6 is 0 Å². The summed E-state index contributed by atoms with van der Waals surface area (Å²) in [5.41, 5.74) is 6.17. The Kier molecular flexibility index (Phi) is 6.24. The van der Waals surface area contributed by atoms with Gasteiger partial charge in [-0.1, -0.05) is 13.3 Å². The number of unbranched alkanes of at least 4 members (excludes halogenated alkanes) is 1. The molecule has 0 bridgehead atoms. The number of anilines is 1. The third kappa shape index (κ3) is 4.92. The van der Waals surface area contributed by atoms with Crippen molar-refractivity contribution in [2.24, 2.45) is 5.73 Å². The van der Waals surface area contributed by atoms with Crippen molar-refractivity contribution in [2.45, 2.75) is 43.5 Å². The first-order chi connectivity index (χ1) is 11.2. The molecule has 1 fully saturated rings. The van der Waals surface area contributed by atoms with Gasteiger partial charge in [-0.2, -0.15) is 4.31 Å². The van der Waals surface area contributed by atoms with Gasteiger partial charge in [0.05, 0.1) is 10.6 Å². The first kappa shape index (κ1) is 19.2. The average Bonchev–Trinajstić information content (AvgIpc) is 2.53. The molecule has 1 heterocycles. The van der Waals surface area contributed by atoms with E-state index in [1.165, 1.54) is 28.6 Å². The number of sulfonamides is 2. The Morgan fingerprint density at radius 2 is 1.71 bits per heavy atom. The first-order valence-electron chi connectivity index (χ1n) is 8.11. The van der Waals surface area contributed by atoms with Gasteiger partial charge in [0.2, 0.25) is 20.0 Å². The minimum Gasteiger partial charge on any atom is -0.328 e. The van der Waals surface area contributed by atoms with Gasteiger partial charge in [0.15, 0.2) is 0 Å². The molecule has 0 unspecified atom stereocenters. The summed E-state index contributed by atoms with van der Waals surface area (Å²) >= 11 is 0. The molecule has 2 rings (SSSR count). The highest BCUT2D eigenvalue weighted by atomic mass is 32.2. The van der Waals surface area contributed by atoms with Crippen molar-refractivity contribution in [3.63, 3.8) is 0 Å². The van der Waals surface area contributed by atoms with Crippen molar-refractivity contribution in [1.82, 2.24) is 4.31 Å². The molecular weight excluding hydrogens is 350 g/mol. The van der Waals surface area contributed by atoms with Crippen LogP contribution in [0.1, 0.15) is 32.6 Å². The summed E-state index contributed by atoms with van der Waals surface area (Å²) in [6.07, 6.45) is 2.67. The molecule has 1 aliphatic rings. The van der Waals surface area contributed by atoms with Gasteiger partial charge in [0, 0.05) is 24.8 Å². The quantitative estimate of drug-likeness (QED) is 0.747. The van der Waals surface area contributed by atoms with Crippen LogP contribution in [0.2, 0.25) is 0 Å². The highest BCUT2D eigenvalue weighted by molar-refractivity contribution is 7.92. The lowest BCUT2D eigenvalue weighted by Crippen LogP contribution is -2.42. The Hall–Kier alpha value is -1.16. The normalized spacial score (nSPS) is 17.8. The molecule has 0 aliphatic carbocycles. The molecule has 7 nitrogen and oxygen atoms in total. The number of rotatable bonds is 7. The lowest BCUT2D eigenvalue weighted by atomic mass is 10.1. The highest BCUT2D eigenvalue weighted by Crippen LogP contribution is 2.22. The van der Waals surface area contributed by atoms with Crippen molar-refractivity contribution in [3.8, 4) is 0 Å². The average molecular weight is 376 g/mol. The second kappa shape index (κ2) is 7.81. The summed E-state index contributed by atoms with van der Waals surface area (Å²) < 4.78 is 52.8. The number of nitrogens with one attached hydrogen (secondary N) is 1. The summed E-state index contributed by atoms with van der Waals surface area (Å²) in [6, 6.07) is 5.87. The predicted octanol–water partition coefficient (Wildman–Crippen LogP) is 1.34. The number of nitrogens with two attached hydrogens (primary N) is 1. The van der Waals surface area contributed by atoms with Crippen LogP contribution in [0, 0.1) is 0 Å². The van der Waals surface area contributed by atoms with Crippen LogP contribution in [0.5, 0.6) is 0 Å². The Morgan fingerprint density at radius 1 is 1.12 bits per heavy atom. The fourth-order valence-electron chi connectivity index (χ4n) is 2.53. The summed E-state index contributed by atoms with van der Waals surface area (Å²) in [4.78, 5) is 0.162. The molecule has 0 aromatic heterocycles. The van der Waals surface area contributed by atoms with Crippen LogP contribution in [0.25, 0.3) is 0 Å². The molecule has 9 heteroatoms. The van der Waals surface area contributed by atoms with E-state index in [9.17, 15) is 16.8 Å². The molecule has 0 atom stereocenters. The number of nitrogens with zero attached hydrogens (tertiary/aromatic N) is 1. The summed E-state index contributed by atoms with van der Waals surface area (Å²) in [5, 5.41) is 0. The van der Waals surface area contributed by atoms with Gasteiger partial charge in [0.25, 0.3) is 0 Å². The Bertz CT molecular complexity index is 737. The molecule has 0 saturated carbocycles. The van der Waals surface area contributed by atoms with Gasteiger partial charge in [0.1, 0.15) is 0 Å². The minimum absolute atomic E-state index is 0.0522. The lowest BCUT2D eigenvalue weighted by molar-refractivity contribution is 0.320. The smallest absolute Gasteiger partial charge is 0.243 e. The van der Waals surface area contributed by atoms with Crippen LogP contribution in [-0.4, -0.2) is 46.0 Å². The van der Waals surface area contributed by atoms with Crippen molar-refractivity contribution in [2.75, 3.05) is 23.6 Å². The van der Waals surface area contributed by atoms with Crippen LogP contribution < -0.4 is 10.5 Å². The van der Waals surface area contributed by atoms with Crippen molar-refractivity contribution in [3.05, 3.63) is 24.3 Å². The summed E-state index contributed by atoms with van der Waals surface area (Å²) in [7, 11) is -6.96. The maximum Gasteiger partial charge on any atom is 0.243 e. The lowest BCUT2D eigenvalue weighted by Gasteiger charge is -2.29.